The Kier molecular flexibility index (Phi) is 4.73. The van der Waals surface area contributed by atoms with Crippen LogP contribution in [0, 0.1) is 0 Å². The van der Waals surface area contributed by atoms with Crippen LogP contribution in [0.3, 0.4) is 0 Å². The second kappa shape index (κ2) is 5.86. The number of ether oxygens (including phenoxy) is 1. The minimum Gasteiger partial charge on any atom is -0.448 e. The van der Waals surface area contributed by atoms with E-state index in [2.05, 4.69) is 19.2 Å². The zero-order chi connectivity index (χ0) is 10.4. The molecule has 0 saturated carbocycles. The van der Waals surface area contributed by atoms with Crippen molar-refractivity contribution in [1.82, 2.24) is 10.2 Å². The third-order valence-corrected chi connectivity index (χ3v) is 2.46. The maximum atomic E-state index is 11.2. The lowest BCUT2D eigenvalue weighted by Crippen LogP contribution is -2.41. The standard InChI is InChI=1S/C10H20N2O2/c1-3-5-11-9(4-2)8-12-6-7-14-10(12)13/h9,11H,3-8H2,1-2H3. The van der Waals surface area contributed by atoms with E-state index in [0.29, 0.717) is 12.6 Å². The fraction of sp³-hybridized carbons (Fsp3) is 0.900. The molecule has 0 radical (unpaired) electrons. The molecular formula is C10H20N2O2. The number of rotatable bonds is 6. The van der Waals surface area contributed by atoms with Crippen molar-refractivity contribution < 1.29 is 9.53 Å². The minimum atomic E-state index is -0.165. The van der Waals surface area contributed by atoms with Crippen molar-refractivity contribution in [2.24, 2.45) is 0 Å². The van der Waals surface area contributed by atoms with Crippen LogP contribution in [-0.4, -0.2) is 43.3 Å². The number of cyclic esters (lactones) is 1. The van der Waals surface area contributed by atoms with Crippen molar-refractivity contribution >= 4 is 6.09 Å². The Morgan fingerprint density at radius 3 is 2.86 bits per heavy atom. The number of nitrogens with one attached hydrogen (secondary N) is 1. The van der Waals surface area contributed by atoms with Gasteiger partial charge in [-0.05, 0) is 19.4 Å². The third kappa shape index (κ3) is 3.18. The normalized spacial score (nSPS) is 18.4. The first-order valence-corrected chi connectivity index (χ1v) is 5.43. The second-order valence-electron chi connectivity index (χ2n) is 3.62. The highest BCUT2D eigenvalue weighted by Gasteiger charge is 2.23. The van der Waals surface area contributed by atoms with Crippen LogP contribution in [0.1, 0.15) is 26.7 Å². The van der Waals surface area contributed by atoms with Crippen molar-refractivity contribution in [3.63, 3.8) is 0 Å². The monoisotopic (exact) mass is 200 g/mol. The molecule has 0 spiro atoms. The molecular weight excluding hydrogens is 180 g/mol. The number of carbonyl (C=O) groups excluding carboxylic acids is 1. The molecule has 4 heteroatoms. The van der Waals surface area contributed by atoms with E-state index in [9.17, 15) is 4.79 Å². The summed E-state index contributed by atoms with van der Waals surface area (Å²) in [6.45, 7) is 7.35. The summed E-state index contributed by atoms with van der Waals surface area (Å²) in [5.74, 6) is 0. The molecule has 1 fully saturated rings. The number of nitrogens with zero attached hydrogens (tertiary/aromatic N) is 1. The minimum absolute atomic E-state index is 0.165. The topological polar surface area (TPSA) is 41.6 Å². The van der Waals surface area contributed by atoms with Crippen molar-refractivity contribution in [1.29, 1.82) is 0 Å². The molecule has 0 aromatic carbocycles. The van der Waals surface area contributed by atoms with Gasteiger partial charge < -0.3 is 15.0 Å². The summed E-state index contributed by atoms with van der Waals surface area (Å²) < 4.78 is 4.87. The molecule has 1 N–H and O–H groups in total. The summed E-state index contributed by atoms with van der Waals surface area (Å²) in [7, 11) is 0. The Labute approximate surface area is 85.6 Å². The summed E-state index contributed by atoms with van der Waals surface area (Å²) >= 11 is 0. The first-order valence-electron chi connectivity index (χ1n) is 5.43. The molecule has 0 aromatic rings. The van der Waals surface area contributed by atoms with Crippen LogP contribution in [0.2, 0.25) is 0 Å². The highest BCUT2D eigenvalue weighted by molar-refractivity contribution is 5.69. The molecule has 14 heavy (non-hydrogen) atoms. The van der Waals surface area contributed by atoms with Crippen molar-refractivity contribution in [2.45, 2.75) is 32.7 Å². The van der Waals surface area contributed by atoms with Gasteiger partial charge in [-0.1, -0.05) is 13.8 Å². The lowest BCUT2D eigenvalue weighted by Gasteiger charge is -2.21. The first kappa shape index (κ1) is 11.3. The maximum Gasteiger partial charge on any atom is 0.409 e. The van der Waals surface area contributed by atoms with Gasteiger partial charge in [-0.15, -0.1) is 0 Å². The van der Waals surface area contributed by atoms with E-state index < -0.39 is 0 Å². The molecule has 1 amide bonds. The number of hydrogen-bond acceptors (Lipinski definition) is 3. The fourth-order valence-electron chi connectivity index (χ4n) is 1.54. The average molecular weight is 200 g/mol. The number of carbonyl (C=O) groups is 1. The fourth-order valence-corrected chi connectivity index (χ4v) is 1.54. The highest BCUT2D eigenvalue weighted by atomic mass is 16.6. The lowest BCUT2D eigenvalue weighted by atomic mass is 10.2. The Bertz CT molecular complexity index is 185. The zero-order valence-electron chi connectivity index (χ0n) is 9.08. The predicted octanol–water partition coefficient (Wildman–Crippen LogP) is 1.22. The largest absolute Gasteiger partial charge is 0.448 e. The van der Waals surface area contributed by atoms with Gasteiger partial charge in [-0.2, -0.15) is 0 Å². The third-order valence-electron chi connectivity index (χ3n) is 2.46. The van der Waals surface area contributed by atoms with Crippen LogP contribution in [-0.2, 0) is 4.74 Å². The van der Waals surface area contributed by atoms with Crippen LogP contribution in [0.4, 0.5) is 4.79 Å². The Balaban J connectivity index is 2.28. The van der Waals surface area contributed by atoms with E-state index in [1.807, 2.05) is 0 Å². The molecule has 1 saturated heterocycles. The van der Waals surface area contributed by atoms with Crippen LogP contribution < -0.4 is 5.32 Å². The lowest BCUT2D eigenvalue weighted by molar-refractivity contribution is 0.155. The van der Waals surface area contributed by atoms with Gasteiger partial charge in [0.05, 0.1) is 6.54 Å². The summed E-state index contributed by atoms with van der Waals surface area (Å²) in [4.78, 5) is 13.0. The van der Waals surface area contributed by atoms with Crippen LogP contribution >= 0.6 is 0 Å². The molecule has 1 aliphatic rings. The van der Waals surface area contributed by atoms with Crippen molar-refractivity contribution in [2.75, 3.05) is 26.2 Å². The summed E-state index contributed by atoms with van der Waals surface area (Å²) in [6, 6.07) is 0.403. The molecule has 1 aliphatic heterocycles. The van der Waals surface area contributed by atoms with Crippen LogP contribution in [0.5, 0.6) is 0 Å². The Morgan fingerprint density at radius 1 is 1.57 bits per heavy atom. The van der Waals surface area contributed by atoms with E-state index in [-0.39, 0.29) is 6.09 Å². The van der Waals surface area contributed by atoms with Gasteiger partial charge in [-0.25, -0.2) is 4.79 Å². The van der Waals surface area contributed by atoms with Gasteiger partial charge in [0.15, 0.2) is 0 Å². The number of amides is 1. The smallest absolute Gasteiger partial charge is 0.409 e. The Hall–Kier alpha value is -0.770. The molecule has 0 bridgehead atoms. The molecule has 1 rings (SSSR count). The van der Waals surface area contributed by atoms with E-state index in [0.717, 1.165) is 32.5 Å². The van der Waals surface area contributed by atoms with Gasteiger partial charge in [0.25, 0.3) is 0 Å². The van der Waals surface area contributed by atoms with Crippen molar-refractivity contribution in [3.8, 4) is 0 Å². The molecule has 1 atom stereocenters. The molecule has 4 nitrogen and oxygen atoms in total. The summed E-state index contributed by atoms with van der Waals surface area (Å²) in [5.41, 5.74) is 0. The van der Waals surface area contributed by atoms with Gasteiger partial charge in [-0.3, -0.25) is 0 Å². The molecule has 0 aliphatic carbocycles. The molecule has 1 unspecified atom stereocenters. The van der Waals surface area contributed by atoms with Crippen LogP contribution in [0.15, 0.2) is 0 Å². The van der Waals surface area contributed by atoms with E-state index >= 15 is 0 Å². The maximum absolute atomic E-state index is 11.2. The average Bonchev–Trinajstić information content (AvgIpc) is 2.59. The van der Waals surface area contributed by atoms with E-state index in [4.69, 9.17) is 4.74 Å². The SMILES string of the molecule is CCCNC(CC)CN1CCOC1=O. The highest BCUT2D eigenvalue weighted by Crippen LogP contribution is 2.05. The second-order valence-corrected chi connectivity index (χ2v) is 3.62. The summed E-state index contributed by atoms with van der Waals surface area (Å²) in [6.07, 6.45) is 2.01. The molecule has 1 heterocycles. The quantitative estimate of drug-likeness (QED) is 0.701. The van der Waals surface area contributed by atoms with Gasteiger partial charge in [0.1, 0.15) is 6.61 Å². The molecule has 82 valence electrons. The van der Waals surface area contributed by atoms with Gasteiger partial charge >= 0.3 is 6.09 Å². The van der Waals surface area contributed by atoms with E-state index in [1.54, 1.807) is 4.90 Å². The van der Waals surface area contributed by atoms with Gasteiger partial charge in [0.2, 0.25) is 0 Å². The number of hydrogen-bond donors (Lipinski definition) is 1. The van der Waals surface area contributed by atoms with Gasteiger partial charge in [0, 0.05) is 12.6 Å². The van der Waals surface area contributed by atoms with Crippen molar-refractivity contribution in [3.05, 3.63) is 0 Å². The zero-order valence-corrected chi connectivity index (χ0v) is 9.08. The van der Waals surface area contributed by atoms with E-state index in [1.165, 1.54) is 0 Å². The first-order chi connectivity index (χ1) is 6.77. The predicted molar refractivity (Wildman–Crippen MR) is 55.3 cm³/mol. The van der Waals surface area contributed by atoms with Crippen LogP contribution in [0.25, 0.3) is 0 Å². The summed E-state index contributed by atoms with van der Waals surface area (Å²) in [5, 5.41) is 3.42. The Morgan fingerprint density at radius 2 is 2.36 bits per heavy atom. The molecule has 0 aromatic heterocycles.